The Morgan fingerprint density at radius 2 is 1.87 bits per heavy atom. The van der Waals surface area contributed by atoms with Gasteiger partial charge in [-0.2, -0.15) is 5.26 Å². The second-order valence-corrected chi connectivity index (χ2v) is 7.45. The van der Waals surface area contributed by atoms with Gasteiger partial charge in [0.1, 0.15) is 24.0 Å². The molecule has 0 saturated heterocycles. The van der Waals surface area contributed by atoms with Crippen molar-refractivity contribution in [3.8, 4) is 22.9 Å². The fourth-order valence-corrected chi connectivity index (χ4v) is 3.92. The van der Waals surface area contributed by atoms with Crippen molar-refractivity contribution in [1.82, 2.24) is 4.40 Å². The Balaban J connectivity index is 1.54. The molecule has 0 aliphatic rings. The molecule has 0 aliphatic heterocycles. The lowest BCUT2D eigenvalue weighted by molar-refractivity contribution is 0.306. The van der Waals surface area contributed by atoms with Crippen molar-refractivity contribution in [3.05, 3.63) is 106 Å². The number of fused-ring (bicyclic) bond motifs is 2. The Morgan fingerprint density at radius 3 is 2.68 bits per heavy atom. The van der Waals surface area contributed by atoms with Gasteiger partial charge in [0.15, 0.2) is 0 Å². The van der Waals surface area contributed by atoms with Gasteiger partial charge in [-0.05, 0) is 29.3 Å². The Hall–Kier alpha value is -4.01. The van der Waals surface area contributed by atoms with Crippen LogP contribution in [0.25, 0.3) is 27.6 Å². The Kier molecular flexibility index (Phi) is 4.70. The molecule has 31 heavy (non-hydrogen) atoms. The van der Waals surface area contributed by atoms with E-state index >= 15 is 0 Å². The van der Waals surface area contributed by atoms with Crippen molar-refractivity contribution in [3.63, 3.8) is 0 Å². The minimum atomic E-state index is -0.454. The van der Waals surface area contributed by atoms with Crippen molar-refractivity contribution in [2.45, 2.75) is 6.61 Å². The third kappa shape index (κ3) is 3.43. The summed E-state index contributed by atoms with van der Waals surface area (Å²) in [7, 11) is 0. The summed E-state index contributed by atoms with van der Waals surface area (Å²) in [5, 5.41) is 10.7. The van der Waals surface area contributed by atoms with Crippen molar-refractivity contribution in [2.75, 3.05) is 0 Å². The Morgan fingerprint density at radius 1 is 1.06 bits per heavy atom. The number of nitrogens with zero attached hydrogens (tertiary/aromatic N) is 2. The van der Waals surface area contributed by atoms with E-state index in [1.165, 1.54) is 6.07 Å². The fraction of sp³-hybridized carbons (Fsp3) is 0.0400. The monoisotopic (exact) mass is 426 g/mol. The molecule has 0 saturated carbocycles. The number of hydrogen-bond acceptors (Lipinski definition) is 4. The molecule has 150 valence electrons. The summed E-state index contributed by atoms with van der Waals surface area (Å²) < 4.78 is 13.2. The van der Waals surface area contributed by atoms with Crippen molar-refractivity contribution in [1.29, 1.82) is 5.26 Å². The average Bonchev–Trinajstić information content (AvgIpc) is 3.15. The first-order valence-electron chi connectivity index (χ1n) is 9.58. The van der Waals surface area contributed by atoms with E-state index in [0.717, 1.165) is 27.6 Å². The summed E-state index contributed by atoms with van der Waals surface area (Å²) in [5.74, 6) is 0.377. The van der Waals surface area contributed by atoms with Gasteiger partial charge >= 0.3 is 5.63 Å². The molecule has 0 bridgehead atoms. The largest absolute Gasteiger partial charge is 0.487 e. The van der Waals surface area contributed by atoms with Gasteiger partial charge in [0.05, 0.1) is 16.1 Å². The third-order valence-corrected chi connectivity index (χ3v) is 5.43. The first-order valence-corrected chi connectivity index (χ1v) is 9.96. The van der Waals surface area contributed by atoms with Crippen LogP contribution in [0.4, 0.5) is 0 Å². The number of rotatable bonds is 4. The number of pyridine rings is 1. The lowest BCUT2D eigenvalue weighted by Gasteiger charge is -2.11. The highest BCUT2D eigenvalue weighted by atomic mass is 35.5. The quantitative estimate of drug-likeness (QED) is 0.340. The molecule has 5 nitrogen and oxygen atoms in total. The number of halogens is 1. The average molecular weight is 427 g/mol. The number of benzene rings is 2. The minimum absolute atomic E-state index is 0.151. The van der Waals surface area contributed by atoms with Gasteiger partial charge in [-0.3, -0.25) is 0 Å². The van der Waals surface area contributed by atoms with E-state index in [-0.39, 0.29) is 6.61 Å². The minimum Gasteiger partial charge on any atom is -0.487 e. The van der Waals surface area contributed by atoms with Gasteiger partial charge in [0, 0.05) is 35.5 Å². The first-order chi connectivity index (χ1) is 15.1. The van der Waals surface area contributed by atoms with Gasteiger partial charge in [-0.1, -0.05) is 48.0 Å². The van der Waals surface area contributed by atoms with Crippen LogP contribution >= 0.6 is 11.6 Å². The molecule has 2 aromatic carbocycles. The van der Waals surface area contributed by atoms with E-state index in [2.05, 4.69) is 6.07 Å². The van der Waals surface area contributed by atoms with Crippen LogP contribution in [0.2, 0.25) is 5.02 Å². The second-order valence-electron chi connectivity index (χ2n) is 7.05. The van der Waals surface area contributed by atoms with E-state index in [4.69, 9.17) is 20.8 Å². The molecule has 0 unspecified atom stereocenters. The van der Waals surface area contributed by atoms with E-state index < -0.39 is 5.63 Å². The Labute approximate surface area is 182 Å². The van der Waals surface area contributed by atoms with Crippen LogP contribution in [0.15, 0.2) is 88.3 Å². The van der Waals surface area contributed by atoms with E-state index in [0.29, 0.717) is 21.9 Å². The van der Waals surface area contributed by atoms with Gasteiger partial charge in [-0.15, -0.1) is 0 Å². The Bertz CT molecular complexity index is 1530. The summed E-state index contributed by atoms with van der Waals surface area (Å²) in [4.78, 5) is 12.2. The summed E-state index contributed by atoms with van der Waals surface area (Å²) in [6.45, 7) is 0.151. The zero-order valence-corrected chi connectivity index (χ0v) is 17.0. The van der Waals surface area contributed by atoms with Crippen molar-refractivity contribution >= 4 is 28.1 Å². The van der Waals surface area contributed by atoms with E-state index in [1.807, 2.05) is 65.3 Å². The lowest BCUT2D eigenvalue weighted by Crippen LogP contribution is -2.00. The van der Waals surface area contributed by atoms with Crippen LogP contribution < -0.4 is 10.4 Å². The number of aromatic nitrogens is 1. The predicted molar refractivity (Wildman–Crippen MR) is 119 cm³/mol. The summed E-state index contributed by atoms with van der Waals surface area (Å²) in [6.07, 6.45) is 3.74. The van der Waals surface area contributed by atoms with Crippen LogP contribution in [0, 0.1) is 11.3 Å². The van der Waals surface area contributed by atoms with E-state index in [9.17, 15) is 10.1 Å². The first kappa shape index (κ1) is 19.0. The molecule has 0 N–H and O–H groups in total. The number of ether oxygens (including phenoxy) is 1. The zero-order chi connectivity index (χ0) is 21.4. The predicted octanol–water partition coefficient (Wildman–Crippen LogP) is 5.82. The second kappa shape index (κ2) is 7.67. The topological polar surface area (TPSA) is 67.6 Å². The highest BCUT2D eigenvalue weighted by molar-refractivity contribution is 6.33. The molecule has 0 aliphatic carbocycles. The molecule has 5 aromatic rings. The summed E-state index contributed by atoms with van der Waals surface area (Å²) >= 11 is 6.51. The molecular formula is C25H15ClN2O3. The standard InChI is InChI=1S/C25H15ClN2O3/c26-21-10-19-18(16-6-2-1-3-7-16)11-25(29)31-23(19)12-24(21)30-15-17-14-28-9-5-4-8-22(28)20(17)13-27/h1-12,14H,15H2. The molecular weight excluding hydrogens is 412 g/mol. The maximum absolute atomic E-state index is 12.2. The molecule has 0 amide bonds. The van der Waals surface area contributed by atoms with E-state index in [1.54, 1.807) is 12.1 Å². The van der Waals surface area contributed by atoms with Crippen LogP contribution in [0.3, 0.4) is 0 Å². The smallest absolute Gasteiger partial charge is 0.336 e. The lowest BCUT2D eigenvalue weighted by atomic mass is 10.0. The highest BCUT2D eigenvalue weighted by Gasteiger charge is 2.15. The summed E-state index contributed by atoms with van der Waals surface area (Å²) in [5.41, 5.74) is 3.67. The maximum atomic E-state index is 12.2. The van der Waals surface area contributed by atoms with Crippen molar-refractivity contribution in [2.24, 2.45) is 0 Å². The third-order valence-electron chi connectivity index (χ3n) is 5.14. The molecule has 0 atom stereocenters. The molecule has 0 spiro atoms. The van der Waals surface area contributed by atoms with Gasteiger partial charge < -0.3 is 13.6 Å². The molecule has 3 heterocycles. The van der Waals surface area contributed by atoms with Crippen LogP contribution in [-0.4, -0.2) is 4.40 Å². The number of hydrogen-bond donors (Lipinski definition) is 0. The van der Waals surface area contributed by atoms with Crippen LogP contribution in [0.5, 0.6) is 5.75 Å². The highest BCUT2D eigenvalue weighted by Crippen LogP contribution is 2.35. The van der Waals surface area contributed by atoms with Crippen LogP contribution in [-0.2, 0) is 6.61 Å². The van der Waals surface area contributed by atoms with Gasteiger partial charge in [0.25, 0.3) is 0 Å². The van der Waals surface area contributed by atoms with Gasteiger partial charge in [0.2, 0.25) is 0 Å². The van der Waals surface area contributed by atoms with Crippen molar-refractivity contribution < 1.29 is 9.15 Å². The molecule has 5 rings (SSSR count). The SMILES string of the molecule is N#Cc1c(COc2cc3oc(=O)cc(-c4ccccc4)c3cc2Cl)cn2ccccc12. The molecule has 0 fully saturated rings. The molecule has 6 heteroatoms. The maximum Gasteiger partial charge on any atom is 0.336 e. The normalized spacial score (nSPS) is 11.0. The van der Waals surface area contributed by atoms with Crippen LogP contribution in [0.1, 0.15) is 11.1 Å². The fourth-order valence-electron chi connectivity index (χ4n) is 3.70. The van der Waals surface area contributed by atoms with Gasteiger partial charge in [-0.25, -0.2) is 4.79 Å². The zero-order valence-electron chi connectivity index (χ0n) is 16.2. The molecule has 0 radical (unpaired) electrons. The molecule has 3 aromatic heterocycles. The number of nitriles is 1. The summed E-state index contributed by atoms with van der Waals surface area (Å²) in [6, 6.07) is 22.3.